The first kappa shape index (κ1) is 13.6. The van der Waals surface area contributed by atoms with Gasteiger partial charge in [-0.15, -0.1) is 0 Å². The molecule has 0 aliphatic heterocycles. The molecule has 3 heteroatoms. The van der Waals surface area contributed by atoms with Crippen molar-refractivity contribution in [3.63, 3.8) is 0 Å². The Hall–Kier alpha value is -1.35. The summed E-state index contributed by atoms with van der Waals surface area (Å²) < 4.78 is 0. The van der Waals surface area contributed by atoms with Crippen molar-refractivity contribution in [3.05, 3.63) is 35.9 Å². The SMILES string of the molecule is CC(CO)(NC(=O)C1C2CCCCC21)c1ccccc1. The molecule has 0 heterocycles. The largest absolute Gasteiger partial charge is 0.394 e. The van der Waals surface area contributed by atoms with Crippen molar-refractivity contribution in [1.82, 2.24) is 5.32 Å². The van der Waals surface area contributed by atoms with Crippen molar-refractivity contribution in [3.8, 4) is 0 Å². The van der Waals surface area contributed by atoms with Crippen LogP contribution in [0.15, 0.2) is 30.3 Å². The van der Waals surface area contributed by atoms with Crippen molar-refractivity contribution in [2.75, 3.05) is 6.61 Å². The molecular formula is C17H23NO2. The van der Waals surface area contributed by atoms with Crippen LogP contribution in [0.3, 0.4) is 0 Å². The molecule has 2 aliphatic carbocycles. The van der Waals surface area contributed by atoms with Crippen LogP contribution in [0.25, 0.3) is 0 Å². The molecule has 1 amide bonds. The minimum absolute atomic E-state index is 0.0786. The summed E-state index contributed by atoms with van der Waals surface area (Å²) in [6.45, 7) is 1.82. The number of amides is 1. The number of carbonyl (C=O) groups is 1. The third kappa shape index (κ3) is 2.35. The average Bonchev–Trinajstić information content (AvgIpc) is 3.22. The van der Waals surface area contributed by atoms with Crippen LogP contribution < -0.4 is 5.32 Å². The van der Waals surface area contributed by atoms with Crippen LogP contribution in [0.5, 0.6) is 0 Å². The van der Waals surface area contributed by atoms with Gasteiger partial charge in [-0.05, 0) is 37.2 Å². The molecule has 1 aromatic rings. The van der Waals surface area contributed by atoms with Gasteiger partial charge in [0.15, 0.2) is 0 Å². The maximum atomic E-state index is 12.5. The Balaban J connectivity index is 1.70. The van der Waals surface area contributed by atoms with E-state index in [1.165, 1.54) is 25.7 Å². The highest BCUT2D eigenvalue weighted by Gasteiger charge is 2.55. The number of carbonyl (C=O) groups excluding carboxylic acids is 1. The van der Waals surface area contributed by atoms with Crippen LogP contribution in [0.1, 0.15) is 38.2 Å². The van der Waals surface area contributed by atoms with Crippen LogP contribution in [-0.2, 0) is 10.3 Å². The summed E-state index contributed by atoms with van der Waals surface area (Å²) in [5.41, 5.74) is 0.281. The first-order valence-corrected chi connectivity index (χ1v) is 7.64. The normalized spacial score (nSPS) is 31.0. The fourth-order valence-electron chi connectivity index (χ4n) is 3.75. The Kier molecular flexibility index (Phi) is 3.55. The number of aliphatic hydroxyl groups excluding tert-OH is 1. The highest BCUT2D eigenvalue weighted by molar-refractivity contribution is 5.83. The second-order valence-corrected chi connectivity index (χ2v) is 6.48. The Morgan fingerprint density at radius 3 is 2.40 bits per heavy atom. The predicted octanol–water partition coefficient (Wildman–Crippen LogP) is 2.45. The van der Waals surface area contributed by atoms with Crippen LogP contribution in [0.2, 0.25) is 0 Å². The van der Waals surface area contributed by atoms with E-state index in [4.69, 9.17) is 0 Å². The minimum atomic E-state index is -0.677. The molecule has 0 aromatic heterocycles. The van der Waals surface area contributed by atoms with Gasteiger partial charge in [0.25, 0.3) is 0 Å². The molecule has 3 nitrogen and oxygen atoms in total. The number of hydrogen-bond donors (Lipinski definition) is 2. The molecule has 2 saturated carbocycles. The highest BCUT2D eigenvalue weighted by Crippen LogP contribution is 2.55. The predicted molar refractivity (Wildman–Crippen MR) is 78.0 cm³/mol. The average molecular weight is 273 g/mol. The van der Waals surface area contributed by atoms with Crippen LogP contribution in [0, 0.1) is 17.8 Å². The van der Waals surface area contributed by atoms with Gasteiger partial charge in [0.05, 0.1) is 12.1 Å². The van der Waals surface area contributed by atoms with Gasteiger partial charge in [0.1, 0.15) is 0 Å². The standard InChI is InChI=1S/C17H23NO2/c1-17(11-19,12-7-3-2-4-8-12)18-16(20)15-13-9-5-6-10-14(13)15/h2-4,7-8,13-15,19H,5-6,9-11H2,1H3,(H,18,20). The van der Waals surface area contributed by atoms with Crippen LogP contribution >= 0.6 is 0 Å². The third-order valence-electron chi connectivity index (χ3n) is 5.09. The summed E-state index contributed by atoms with van der Waals surface area (Å²) >= 11 is 0. The smallest absolute Gasteiger partial charge is 0.224 e. The van der Waals surface area contributed by atoms with E-state index in [1.54, 1.807) is 0 Å². The lowest BCUT2D eigenvalue weighted by atomic mass is 9.92. The van der Waals surface area contributed by atoms with E-state index in [1.807, 2.05) is 37.3 Å². The van der Waals surface area contributed by atoms with Gasteiger partial charge in [-0.2, -0.15) is 0 Å². The molecule has 0 spiro atoms. The molecule has 0 radical (unpaired) electrons. The van der Waals surface area contributed by atoms with Crippen molar-refractivity contribution >= 4 is 5.91 Å². The van der Waals surface area contributed by atoms with Gasteiger partial charge in [-0.3, -0.25) is 4.79 Å². The molecule has 0 saturated heterocycles. The van der Waals surface area contributed by atoms with E-state index in [0.717, 1.165) is 5.56 Å². The van der Waals surface area contributed by atoms with Crippen molar-refractivity contribution in [2.45, 2.75) is 38.1 Å². The van der Waals surface area contributed by atoms with Gasteiger partial charge in [0, 0.05) is 5.92 Å². The second-order valence-electron chi connectivity index (χ2n) is 6.48. The summed E-state index contributed by atoms with van der Waals surface area (Å²) in [5, 5.41) is 12.8. The molecule has 20 heavy (non-hydrogen) atoms. The number of rotatable bonds is 4. The lowest BCUT2D eigenvalue weighted by molar-refractivity contribution is -0.125. The van der Waals surface area contributed by atoms with Gasteiger partial charge in [-0.1, -0.05) is 43.2 Å². The number of benzene rings is 1. The highest BCUT2D eigenvalue weighted by atomic mass is 16.3. The zero-order valence-corrected chi connectivity index (χ0v) is 12.0. The number of aliphatic hydroxyl groups is 1. The van der Waals surface area contributed by atoms with E-state index >= 15 is 0 Å². The summed E-state index contributed by atoms with van der Waals surface area (Å²) in [6, 6.07) is 9.73. The van der Waals surface area contributed by atoms with Gasteiger partial charge >= 0.3 is 0 Å². The van der Waals surface area contributed by atoms with Crippen LogP contribution in [-0.4, -0.2) is 17.6 Å². The third-order valence-corrected chi connectivity index (χ3v) is 5.09. The van der Waals surface area contributed by atoms with E-state index in [9.17, 15) is 9.90 Å². The van der Waals surface area contributed by atoms with Gasteiger partial charge < -0.3 is 10.4 Å². The number of fused-ring (bicyclic) bond motifs is 1. The van der Waals surface area contributed by atoms with Gasteiger partial charge in [0.2, 0.25) is 5.91 Å². The maximum Gasteiger partial charge on any atom is 0.224 e. The molecule has 3 rings (SSSR count). The molecular weight excluding hydrogens is 250 g/mol. The van der Waals surface area contributed by atoms with E-state index in [-0.39, 0.29) is 18.4 Å². The number of nitrogens with one attached hydrogen (secondary N) is 1. The molecule has 3 atom stereocenters. The molecule has 2 N–H and O–H groups in total. The summed E-state index contributed by atoms with van der Waals surface area (Å²) in [4.78, 5) is 12.5. The lowest BCUT2D eigenvalue weighted by Crippen LogP contribution is -2.47. The molecule has 2 fully saturated rings. The zero-order chi connectivity index (χ0) is 14.2. The molecule has 108 valence electrons. The Morgan fingerprint density at radius 2 is 1.85 bits per heavy atom. The first-order chi connectivity index (χ1) is 9.65. The Labute approximate surface area is 120 Å². The maximum absolute atomic E-state index is 12.5. The lowest BCUT2D eigenvalue weighted by Gasteiger charge is -2.29. The van der Waals surface area contributed by atoms with Crippen molar-refractivity contribution in [1.29, 1.82) is 0 Å². The van der Waals surface area contributed by atoms with Crippen LogP contribution in [0.4, 0.5) is 0 Å². The monoisotopic (exact) mass is 273 g/mol. The van der Waals surface area contributed by atoms with Crippen molar-refractivity contribution in [2.24, 2.45) is 17.8 Å². The number of hydrogen-bond acceptors (Lipinski definition) is 2. The Bertz CT molecular complexity index is 475. The fourth-order valence-corrected chi connectivity index (χ4v) is 3.75. The molecule has 0 bridgehead atoms. The minimum Gasteiger partial charge on any atom is -0.394 e. The summed E-state index contributed by atoms with van der Waals surface area (Å²) in [6.07, 6.45) is 4.93. The molecule has 3 unspecified atom stereocenters. The fraction of sp³-hybridized carbons (Fsp3) is 0.588. The summed E-state index contributed by atoms with van der Waals surface area (Å²) in [7, 11) is 0. The van der Waals surface area contributed by atoms with E-state index < -0.39 is 5.54 Å². The van der Waals surface area contributed by atoms with Crippen molar-refractivity contribution < 1.29 is 9.90 Å². The topological polar surface area (TPSA) is 49.3 Å². The summed E-state index contributed by atoms with van der Waals surface area (Å²) in [5.74, 6) is 1.51. The van der Waals surface area contributed by atoms with E-state index in [2.05, 4.69) is 5.32 Å². The zero-order valence-electron chi connectivity index (χ0n) is 12.0. The second kappa shape index (κ2) is 5.21. The van der Waals surface area contributed by atoms with Gasteiger partial charge in [-0.25, -0.2) is 0 Å². The Morgan fingerprint density at radius 1 is 1.25 bits per heavy atom. The quantitative estimate of drug-likeness (QED) is 0.885. The first-order valence-electron chi connectivity index (χ1n) is 7.64. The van der Waals surface area contributed by atoms with E-state index in [0.29, 0.717) is 11.8 Å². The molecule has 1 aromatic carbocycles. The molecule has 2 aliphatic rings.